The number of nitrogens with two attached hydrogens (primary N) is 1. The highest BCUT2D eigenvalue weighted by atomic mass is 16.5. The molecule has 0 amide bonds. The van der Waals surface area contributed by atoms with E-state index in [0.717, 1.165) is 19.3 Å². The van der Waals surface area contributed by atoms with E-state index in [1.54, 1.807) is 6.20 Å². The lowest BCUT2D eigenvalue weighted by molar-refractivity contribution is 0.162. The van der Waals surface area contributed by atoms with Gasteiger partial charge in [0.05, 0.1) is 6.10 Å². The van der Waals surface area contributed by atoms with Crippen molar-refractivity contribution in [2.75, 3.05) is 0 Å². The molecular weight excluding hydrogens is 216 g/mol. The second kappa shape index (κ2) is 5.36. The van der Waals surface area contributed by atoms with Gasteiger partial charge in [0.25, 0.3) is 5.88 Å². The predicted molar refractivity (Wildman–Crippen MR) is 66.2 cm³/mol. The van der Waals surface area contributed by atoms with Crippen LogP contribution >= 0.6 is 0 Å². The average Bonchev–Trinajstić information content (AvgIpc) is 2.67. The van der Waals surface area contributed by atoms with Gasteiger partial charge in [-0.2, -0.15) is 0 Å². The van der Waals surface area contributed by atoms with Gasteiger partial charge < -0.3 is 15.2 Å². The van der Waals surface area contributed by atoms with Crippen LogP contribution in [-0.2, 0) is 0 Å². The summed E-state index contributed by atoms with van der Waals surface area (Å²) in [6.07, 6.45) is 5.04. The monoisotopic (exact) mass is 236 g/mol. The molecule has 1 saturated carbocycles. The van der Waals surface area contributed by atoms with Crippen LogP contribution in [0.2, 0.25) is 0 Å². The first-order valence-corrected chi connectivity index (χ1v) is 6.20. The van der Waals surface area contributed by atoms with Crippen LogP contribution in [0.5, 0.6) is 11.6 Å². The Morgan fingerprint density at radius 1 is 1.41 bits per heavy atom. The Hall–Kier alpha value is -1.29. The molecule has 17 heavy (non-hydrogen) atoms. The molecule has 0 spiro atoms. The number of pyridine rings is 1. The molecule has 2 unspecified atom stereocenters. The molecule has 1 aliphatic carbocycles. The lowest BCUT2D eigenvalue weighted by atomic mass is 10.2. The summed E-state index contributed by atoms with van der Waals surface area (Å²) >= 11 is 0. The van der Waals surface area contributed by atoms with E-state index in [-0.39, 0.29) is 18.2 Å². The SMILES string of the molecule is CC(C)Oc1cccnc1OC1CCCC1N. The minimum absolute atomic E-state index is 0.0689. The van der Waals surface area contributed by atoms with Crippen LogP contribution in [-0.4, -0.2) is 23.2 Å². The summed E-state index contributed by atoms with van der Waals surface area (Å²) < 4.78 is 11.5. The van der Waals surface area contributed by atoms with Crippen molar-refractivity contribution in [1.82, 2.24) is 4.98 Å². The van der Waals surface area contributed by atoms with Crippen LogP contribution in [0.3, 0.4) is 0 Å². The summed E-state index contributed by atoms with van der Waals surface area (Å²) in [6, 6.07) is 3.84. The molecule has 2 N–H and O–H groups in total. The van der Waals surface area contributed by atoms with E-state index in [1.165, 1.54) is 0 Å². The Bertz CT molecular complexity index is 368. The van der Waals surface area contributed by atoms with Crippen molar-refractivity contribution in [3.8, 4) is 11.6 Å². The highest BCUT2D eigenvalue weighted by molar-refractivity contribution is 5.33. The van der Waals surface area contributed by atoms with Gasteiger partial charge in [0.1, 0.15) is 6.10 Å². The van der Waals surface area contributed by atoms with Gasteiger partial charge in [-0.15, -0.1) is 0 Å². The fourth-order valence-electron chi connectivity index (χ4n) is 2.05. The highest BCUT2D eigenvalue weighted by Crippen LogP contribution is 2.29. The number of hydrogen-bond acceptors (Lipinski definition) is 4. The minimum atomic E-state index is 0.0689. The van der Waals surface area contributed by atoms with Gasteiger partial charge >= 0.3 is 0 Å². The number of aromatic nitrogens is 1. The van der Waals surface area contributed by atoms with Crippen LogP contribution in [0.15, 0.2) is 18.3 Å². The Labute approximate surface area is 102 Å². The maximum atomic E-state index is 5.98. The molecule has 1 aromatic heterocycles. The number of nitrogens with zero attached hydrogens (tertiary/aromatic N) is 1. The second-order valence-corrected chi connectivity index (χ2v) is 4.72. The zero-order valence-corrected chi connectivity index (χ0v) is 10.4. The molecule has 0 saturated heterocycles. The molecule has 4 nitrogen and oxygen atoms in total. The number of hydrogen-bond donors (Lipinski definition) is 1. The third-order valence-corrected chi connectivity index (χ3v) is 2.87. The van der Waals surface area contributed by atoms with Crippen molar-refractivity contribution < 1.29 is 9.47 Å². The number of ether oxygens (including phenoxy) is 2. The Morgan fingerprint density at radius 2 is 2.24 bits per heavy atom. The topological polar surface area (TPSA) is 57.4 Å². The maximum absolute atomic E-state index is 5.98. The molecule has 94 valence electrons. The van der Waals surface area contributed by atoms with Crippen LogP contribution in [0.4, 0.5) is 0 Å². The largest absolute Gasteiger partial charge is 0.485 e. The molecule has 1 heterocycles. The van der Waals surface area contributed by atoms with Gasteiger partial charge in [0.15, 0.2) is 5.75 Å². The molecule has 1 aromatic rings. The summed E-state index contributed by atoms with van der Waals surface area (Å²) in [5.74, 6) is 1.25. The lowest BCUT2D eigenvalue weighted by Crippen LogP contribution is -2.34. The van der Waals surface area contributed by atoms with E-state index in [1.807, 2.05) is 26.0 Å². The van der Waals surface area contributed by atoms with Crippen molar-refractivity contribution in [3.05, 3.63) is 18.3 Å². The summed E-state index contributed by atoms with van der Waals surface area (Å²) in [5.41, 5.74) is 5.98. The van der Waals surface area contributed by atoms with Gasteiger partial charge in [-0.1, -0.05) is 0 Å². The first-order chi connectivity index (χ1) is 8.16. The molecule has 0 radical (unpaired) electrons. The van der Waals surface area contributed by atoms with Gasteiger partial charge in [-0.3, -0.25) is 0 Å². The molecule has 0 aromatic carbocycles. The molecule has 2 rings (SSSR count). The highest BCUT2D eigenvalue weighted by Gasteiger charge is 2.27. The van der Waals surface area contributed by atoms with Crippen LogP contribution in [0.25, 0.3) is 0 Å². The summed E-state index contributed by atoms with van der Waals surface area (Å²) in [7, 11) is 0. The van der Waals surface area contributed by atoms with Gasteiger partial charge in [0, 0.05) is 12.2 Å². The Morgan fingerprint density at radius 3 is 2.88 bits per heavy atom. The van der Waals surface area contributed by atoms with E-state index < -0.39 is 0 Å². The molecular formula is C13H20N2O2. The first-order valence-electron chi connectivity index (χ1n) is 6.20. The summed E-state index contributed by atoms with van der Waals surface area (Å²) in [6.45, 7) is 3.97. The second-order valence-electron chi connectivity index (χ2n) is 4.72. The van der Waals surface area contributed by atoms with Gasteiger partial charge in [-0.25, -0.2) is 4.98 Å². The predicted octanol–water partition coefficient (Wildman–Crippen LogP) is 2.13. The van der Waals surface area contributed by atoms with E-state index in [9.17, 15) is 0 Å². The molecule has 2 atom stereocenters. The van der Waals surface area contributed by atoms with Crippen molar-refractivity contribution in [3.63, 3.8) is 0 Å². The molecule has 1 aliphatic rings. The van der Waals surface area contributed by atoms with Crippen LogP contribution in [0, 0.1) is 0 Å². The van der Waals surface area contributed by atoms with Gasteiger partial charge in [0.2, 0.25) is 0 Å². The maximum Gasteiger partial charge on any atom is 0.257 e. The minimum Gasteiger partial charge on any atom is -0.485 e. The Balaban J connectivity index is 2.09. The van der Waals surface area contributed by atoms with E-state index in [2.05, 4.69) is 4.98 Å². The fourth-order valence-corrected chi connectivity index (χ4v) is 2.05. The average molecular weight is 236 g/mol. The standard InChI is InChI=1S/C13H20N2O2/c1-9(2)16-12-7-4-8-15-13(12)17-11-6-3-5-10(11)14/h4,7-11H,3,5-6,14H2,1-2H3. The molecule has 0 aliphatic heterocycles. The third kappa shape index (κ3) is 3.09. The Kier molecular flexibility index (Phi) is 3.84. The van der Waals surface area contributed by atoms with Crippen molar-refractivity contribution in [1.29, 1.82) is 0 Å². The first kappa shape index (κ1) is 12.2. The van der Waals surface area contributed by atoms with Crippen LogP contribution < -0.4 is 15.2 Å². The molecule has 1 fully saturated rings. The van der Waals surface area contributed by atoms with E-state index in [4.69, 9.17) is 15.2 Å². The zero-order chi connectivity index (χ0) is 12.3. The van der Waals surface area contributed by atoms with E-state index in [0.29, 0.717) is 11.6 Å². The summed E-state index contributed by atoms with van der Waals surface area (Å²) in [5, 5.41) is 0. The molecule has 0 bridgehead atoms. The molecule has 4 heteroatoms. The van der Waals surface area contributed by atoms with Gasteiger partial charge in [-0.05, 0) is 45.2 Å². The summed E-state index contributed by atoms with van der Waals surface area (Å²) in [4.78, 5) is 4.23. The van der Waals surface area contributed by atoms with E-state index >= 15 is 0 Å². The van der Waals surface area contributed by atoms with Crippen molar-refractivity contribution in [2.45, 2.75) is 51.4 Å². The van der Waals surface area contributed by atoms with Crippen molar-refractivity contribution in [2.24, 2.45) is 5.73 Å². The normalized spacial score (nSPS) is 24.0. The quantitative estimate of drug-likeness (QED) is 0.870. The number of rotatable bonds is 4. The fraction of sp³-hybridized carbons (Fsp3) is 0.615. The smallest absolute Gasteiger partial charge is 0.257 e. The lowest BCUT2D eigenvalue weighted by Gasteiger charge is -2.19. The van der Waals surface area contributed by atoms with Crippen LogP contribution in [0.1, 0.15) is 33.1 Å². The van der Waals surface area contributed by atoms with Crippen molar-refractivity contribution >= 4 is 0 Å². The third-order valence-electron chi connectivity index (χ3n) is 2.87. The zero-order valence-electron chi connectivity index (χ0n) is 10.4.